The van der Waals surface area contributed by atoms with Crippen LogP contribution in [0.1, 0.15) is 52.4 Å². The van der Waals surface area contributed by atoms with E-state index < -0.39 is 15.7 Å². The van der Waals surface area contributed by atoms with Gasteiger partial charge in [-0.2, -0.15) is 17.4 Å². The van der Waals surface area contributed by atoms with Gasteiger partial charge in [0.2, 0.25) is 0 Å². The normalized spacial score (nSPS) is 37.0. The Kier molecular flexibility index (Phi) is 5.10. The van der Waals surface area contributed by atoms with Gasteiger partial charge in [-0.05, 0) is 37.5 Å². The zero-order chi connectivity index (χ0) is 14.8. The molecule has 5 nitrogen and oxygen atoms in total. The molecule has 0 radical (unpaired) electrons. The van der Waals surface area contributed by atoms with Crippen molar-refractivity contribution in [2.24, 2.45) is 11.8 Å². The molecule has 20 heavy (non-hydrogen) atoms. The van der Waals surface area contributed by atoms with Crippen LogP contribution < -0.4 is 4.72 Å². The second kappa shape index (κ2) is 6.30. The molecule has 2 aliphatic rings. The lowest BCUT2D eigenvalue weighted by molar-refractivity contribution is 0.117. The molecule has 0 aromatic rings. The average Bonchev–Trinajstić information content (AvgIpc) is 2.38. The van der Waals surface area contributed by atoms with E-state index in [0.29, 0.717) is 24.9 Å². The fourth-order valence-corrected chi connectivity index (χ4v) is 5.38. The molecule has 0 spiro atoms. The van der Waals surface area contributed by atoms with Gasteiger partial charge in [0.25, 0.3) is 10.2 Å². The van der Waals surface area contributed by atoms with Crippen LogP contribution in [0.5, 0.6) is 0 Å². The van der Waals surface area contributed by atoms with Crippen molar-refractivity contribution in [1.29, 1.82) is 0 Å². The predicted molar refractivity (Wildman–Crippen MR) is 79.5 cm³/mol. The number of nitrogens with one attached hydrogen (secondary N) is 1. The Hall–Kier alpha value is -0.170. The lowest BCUT2D eigenvalue weighted by Crippen LogP contribution is -2.58. The van der Waals surface area contributed by atoms with Crippen LogP contribution >= 0.6 is 0 Å². The van der Waals surface area contributed by atoms with Crippen molar-refractivity contribution >= 4 is 10.2 Å². The highest BCUT2D eigenvalue weighted by Gasteiger charge is 2.40. The van der Waals surface area contributed by atoms with E-state index >= 15 is 0 Å². The van der Waals surface area contributed by atoms with E-state index in [4.69, 9.17) is 0 Å². The van der Waals surface area contributed by atoms with E-state index in [0.717, 1.165) is 38.5 Å². The van der Waals surface area contributed by atoms with E-state index in [2.05, 4.69) is 18.6 Å². The monoisotopic (exact) mass is 304 g/mol. The Morgan fingerprint density at radius 1 is 1.25 bits per heavy atom. The van der Waals surface area contributed by atoms with E-state index in [1.165, 1.54) is 0 Å². The fraction of sp³-hybridized carbons (Fsp3) is 1.00. The molecule has 0 bridgehead atoms. The molecule has 0 amide bonds. The lowest BCUT2D eigenvalue weighted by atomic mass is 9.78. The summed E-state index contributed by atoms with van der Waals surface area (Å²) >= 11 is 0. The fourth-order valence-electron chi connectivity index (χ4n) is 3.63. The number of nitrogens with zero attached hydrogens (tertiary/aromatic N) is 1. The lowest BCUT2D eigenvalue weighted by Gasteiger charge is -2.41. The molecule has 6 heteroatoms. The molecule has 3 atom stereocenters. The molecule has 1 aliphatic heterocycles. The maximum atomic E-state index is 12.6. The number of aliphatic hydroxyl groups excluding tert-OH is 1. The Morgan fingerprint density at radius 2 is 1.95 bits per heavy atom. The van der Waals surface area contributed by atoms with Gasteiger partial charge in [0, 0.05) is 13.1 Å². The van der Waals surface area contributed by atoms with E-state index in [1.54, 1.807) is 4.31 Å². The van der Waals surface area contributed by atoms with Crippen LogP contribution in [-0.4, -0.2) is 43.1 Å². The van der Waals surface area contributed by atoms with Crippen LogP contribution in [0.15, 0.2) is 0 Å². The van der Waals surface area contributed by atoms with Crippen molar-refractivity contribution in [3.05, 3.63) is 0 Å². The first-order chi connectivity index (χ1) is 9.37. The van der Waals surface area contributed by atoms with Gasteiger partial charge in [-0.15, -0.1) is 0 Å². The molecule has 3 unspecified atom stereocenters. The van der Waals surface area contributed by atoms with Crippen LogP contribution in [-0.2, 0) is 10.2 Å². The molecule has 1 heterocycles. The standard InChI is InChI=1S/C14H28N2O3S/c1-12-5-3-7-14(9-12,11-17)15-20(18,19)16-8-4-6-13(2)10-16/h12-13,15,17H,3-11H2,1-2H3. The summed E-state index contributed by atoms with van der Waals surface area (Å²) in [5.41, 5.74) is -0.656. The van der Waals surface area contributed by atoms with Gasteiger partial charge in [0.1, 0.15) is 0 Å². The van der Waals surface area contributed by atoms with Crippen LogP contribution in [0, 0.1) is 11.8 Å². The summed E-state index contributed by atoms with van der Waals surface area (Å²) in [4.78, 5) is 0. The van der Waals surface area contributed by atoms with Crippen molar-refractivity contribution in [1.82, 2.24) is 9.03 Å². The zero-order valence-corrected chi connectivity index (χ0v) is 13.5. The van der Waals surface area contributed by atoms with Gasteiger partial charge >= 0.3 is 0 Å². The highest BCUT2D eigenvalue weighted by molar-refractivity contribution is 7.87. The molecule has 2 N–H and O–H groups in total. The third-order valence-corrected chi connectivity index (χ3v) is 6.40. The number of hydrogen-bond acceptors (Lipinski definition) is 3. The van der Waals surface area contributed by atoms with Crippen LogP contribution in [0.4, 0.5) is 0 Å². The molecule has 2 rings (SSSR count). The Bertz CT molecular complexity index is 426. The minimum Gasteiger partial charge on any atom is -0.394 e. The molecule has 118 valence electrons. The first-order valence-electron chi connectivity index (χ1n) is 7.77. The van der Waals surface area contributed by atoms with Crippen molar-refractivity contribution in [2.75, 3.05) is 19.7 Å². The van der Waals surface area contributed by atoms with Crippen LogP contribution in [0.3, 0.4) is 0 Å². The summed E-state index contributed by atoms with van der Waals surface area (Å²) in [6, 6.07) is 0. The molecular formula is C14H28N2O3S. The minimum atomic E-state index is -3.49. The minimum absolute atomic E-state index is 0.111. The van der Waals surface area contributed by atoms with Gasteiger partial charge in [-0.3, -0.25) is 0 Å². The topological polar surface area (TPSA) is 69.6 Å². The predicted octanol–water partition coefficient (Wildman–Crippen LogP) is 1.49. The van der Waals surface area contributed by atoms with Crippen LogP contribution in [0.25, 0.3) is 0 Å². The summed E-state index contributed by atoms with van der Waals surface area (Å²) in [6.45, 7) is 5.29. The maximum Gasteiger partial charge on any atom is 0.280 e. The highest BCUT2D eigenvalue weighted by Crippen LogP contribution is 2.33. The van der Waals surface area contributed by atoms with Gasteiger partial charge < -0.3 is 5.11 Å². The molecule has 2 fully saturated rings. The molecule has 0 aromatic heterocycles. The number of piperidine rings is 1. The van der Waals surface area contributed by atoms with Crippen molar-refractivity contribution in [3.63, 3.8) is 0 Å². The first kappa shape index (κ1) is 16.2. The highest BCUT2D eigenvalue weighted by atomic mass is 32.2. The smallest absolute Gasteiger partial charge is 0.280 e. The van der Waals surface area contributed by atoms with Gasteiger partial charge in [0.05, 0.1) is 12.1 Å². The molecule has 1 aliphatic carbocycles. The van der Waals surface area contributed by atoms with E-state index in [1.807, 2.05) is 0 Å². The summed E-state index contributed by atoms with van der Waals surface area (Å²) in [6.07, 6.45) is 5.56. The number of rotatable bonds is 4. The maximum absolute atomic E-state index is 12.6. The van der Waals surface area contributed by atoms with Crippen molar-refractivity contribution in [3.8, 4) is 0 Å². The molecule has 1 saturated heterocycles. The second-order valence-electron chi connectivity index (χ2n) is 6.85. The molecular weight excluding hydrogens is 276 g/mol. The number of hydrogen-bond donors (Lipinski definition) is 2. The molecule has 1 saturated carbocycles. The van der Waals surface area contributed by atoms with Crippen molar-refractivity contribution < 1.29 is 13.5 Å². The van der Waals surface area contributed by atoms with E-state index in [-0.39, 0.29) is 6.61 Å². The largest absolute Gasteiger partial charge is 0.394 e. The molecule has 0 aromatic carbocycles. The number of aliphatic hydroxyl groups is 1. The zero-order valence-electron chi connectivity index (χ0n) is 12.6. The van der Waals surface area contributed by atoms with Gasteiger partial charge in [0.15, 0.2) is 0 Å². The Balaban J connectivity index is 2.09. The summed E-state index contributed by atoms with van der Waals surface area (Å²) in [5, 5.41) is 9.73. The van der Waals surface area contributed by atoms with Crippen molar-refractivity contribution in [2.45, 2.75) is 57.9 Å². The Morgan fingerprint density at radius 3 is 2.55 bits per heavy atom. The first-order valence-corrected chi connectivity index (χ1v) is 9.21. The third-order valence-electron chi connectivity index (χ3n) is 4.70. The summed E-state index contributed by atoms with van der Waals surface area (Å²) in [5.74, 6) is 0.870. The summed E-state index contributed by atoms with van der Waals surface area (Å²) in [7, 11) is -3.49. The van der Waals surface area contributed by atoms with Crippen LogP contribution in [0.2, 0.25) is 0 Å². The van der Waals surface area contributed by atoms with Gasteiger partial charge in [-0.1, -0.05) is 26.7 Å². The van der Waals surface area contributed by atoms with Gasteiger partial charge in [-0.25, -0.2) is 0 Å². The van der Waals surface area contributed by atoms with E-state index in [9.17, 15) is 13.5 Å². The third kappa shape index (κ3) is 3.72. The summed E-state index contributed by atoms with van der Waals surface area (Å²) < 4.78 is 29.5. The average molecular weight is 304 g/mol. The SMILES string of the molecule is CC1CCCN(S(=O)(=O)NC2(CO)CCCC(C)C2)C1. The quantitative estimate of drug-likeness (QED) is 0.827. The Labute approximate surface area is 122 Å². The second-order valence-corrected chi connectivity index (χ2v) is 8.52.